The number of amides is 1. The van der Waals surface area contributed by atoms with Crippen LogP contribution < -0.4 is 9.62 Å². The van der Waals surface area contributed by atoms with Crippen LogP contribution in [0.3, 0.4) is 0 Å². The fraction of sp³-hybridized carbons (Fsp3) is 0.500. The molecule has 1 fully saturated rings. The molecule has 0 aliphatic carbocycles. The Morgan fingerprint density at radius 1 is 1.06 bits per heavy atom. The maximum Gasteiger partial charge on any atom is 0.264 e. The summed E-state index contributed by atoms with van der Waals surface area (Å²) in [7, 11) is -0.336. The van der Waals surface area contributed by atoms with Crippen molar-refractivity contribution in [3.8, 4) is 0 Å². The third-order valence-corrected chi connectivity index (χ3v) is 9.76. The summed E-state index contributed by atoms with van der Waals surface area (Å²) in [5, 5.41) is 4.14. The number of piperidine rings is 1. The number of likely N-dealkylation sites (tertiary alicyclic amines) is 1. The van der Waals surface area contributed by atoms with Gasteiger partial charge in [0, 0.05) is 35.1 Å². The first-order valence-corrected chi connectivity index (χ1v) is 14.7. The zero-order valence-electron chi connectivity index (χ0n) is 21.2. The summed E-state index contributed by atoms with van der Waals surface area (Å²) < 4.78 is 28.3. The molecule has 1 aliphatic rings. The second-order valence-corrected chi connectivity index (χ2v) is 12.8. The lowest BCUT2D eigenvalue weighted by Gasteiger charge is -2.28. The number of halogens is 3. The number of sulfonamides is 1. The normalized spacial score (nSPS) is 15.2. The van der Waals surface area contributed by atoms with Gasteiger partial charge >= 0.3 is 0 Å². The minimum Gasteiger partial charge on any atom is -0.356 e. The van der Waals surface area contributed by atoms with Crippen LogP contribution in [-0.2, 0) is 21.2 Å². The van der Waals surface area contributed by atoms with Gasteiger partial charge in [0.1, 0.15) is 0 Å². The fourth-order valence-corrected chi connectivity index (χ4v) is 6.82. The number of hydrogen-bond donors (Lipinski definition) is 1. The van der Waals surface area contributed by atoms with Crippen molar-refractivity contribution >= 4 is 56.4 Å². The van der Waals surface area contributed by atoms with Crippen molar-refractivity contribution in [1.29, 1.82) is 0 Å². The lowest BCUT2D eigenvalue weighted by molar-refractivity contribution is -0.121. The van der Waals surface area contributed by atoms with Crippen molar-refractivity contribution < 1.29 is 13.2 Å². The van der Waals surface area contributed by atoms with Crippen LogP contribution in [0.5, 0.6) is 0 Å². The van der Waals surface area contributed by atoms with E-state index in [-0.39, 0.29) is 23.6 Å². The molecule has 1 aliphatic heterocycles. The third kappa shape index (κ3) is 7.07. The maximum atomic E-state index is 13.6. The Bertz CT molecular complexity index is 1210. The molecule has 36 heavy (non-hydrogen) atoms. The van der Waals surface area contributed by atoms with E-state index in [0.717, 1.165) is 32.4 Å². The number of hydrogen-bond acceptors (Lipinski definition) is 4. The summed E-state index contributed by atoms with van der Waals surface area (Å²) in [6, 6.07) is 6.33. The summed E-state index contributed by atoms with van der Waals surface area (Å²) in [4.78, 5) is 15.1. The lowest BCUT2D eigenvalue weighted by atomic mass is 9.94. The summed E-state index contributed by atoms with van der Waals surface area (Å²) in [6.45, 7) is 6.30. The van der Waals surface area contributed by atoms with Crippen LogP contribution in [0.15, 0.2) is 29.2 Å². The highest BCUT2D eigenvalue weighted by Gasteiger charge is 2.27. The number of nitrogens with zero attached hydrogens (tertiary/aromatic N) is 2. The van der Waals surface area contributed by atoms with Gasteiger partial charge in [-0.25, -0.2) is 8.42 Å². The molecule has 1 N–H and O–H groups in total. The molecule has 198 valence electrons. The predicted octanol–water partition coefficient (Wildman–Crippen LogP) is 5.87. The van der Waals surface area contributed by atoms with E-state index in [9.17, 15) is 13.2 Å². The van der Waals surface area contributed by atoms with Crippen LogP contribution in [0.2, 0.25) is 15.1 Å². The van der Waals surface area contributed by atoms with Gasteiger partial charge < -0.3 is 10.2 Å². The predicted molar refractivity (Wildman–Crippen MR) is 149 cm³/mol. The van der Waals surface area contributed by atoms with Crippen molar-refractivity contribution in [2.75, 3.05) is 38.0 Å². The summed E-state index contributed by atoms with van der Waals surface area (Å²) >= 11 is 18.9. The van der Waals surface area contributed by atoms with Crippen LogP contribution in [-0.4, -0.2) is 53.0 Å². The molecule has 10 heteroatoms. The number of rotatable bonds is 9. The Labute approximate surface area is 229 Å². The molecular weight excluding hydrogens is 541 g/mol. The van der Waals surface area contributed by atoms with Gasteiger partial charge in [0.15, 0.2) is 0 Å². The minimum absolute atomic E-state index is 0.0884. The minimum atomic E-state index is -3.93. The highest BCUT2D eigenvalue weighted by molar-refractivity contribution is 7.92. The number of aryl methyl sites for hydroxylation is 2. The Balaban J connectivity index is 1.73. The van der Waals surface area contributed by atoms with E-state index in [1.54, 1.807) is 38.1 Å². The van der Waals surface area contributed by atoms with Gasteiger partial charge in [0.2, 0.25) is 5.91 Å². The topological polar surface area (TPSA) is 69.7 Å². The molecule has 1 saturated heterocycles. The molecule has 1 heterocycles. The monoisotopic (exact) mass is 573 g/mol. The molecule has 0 unspecified atom stereocenters. The largest absolute Gasteiger partial charge is 0.356 e. The van der Waals surface area contributed by atoms with E-state index in [4.69, 9.17) is 34.8 Å². The average Bonchev–Trinajstić information content (AvgIpc) is 2.81. The van der Waals surface area contributed by atoms with E-state index < -0.39 is 10.0 Å². The van der Waals surface area contributed by atoms with Crippen LogP contribution in [0.4, 0.5) is 5.69 Å². The van der Waals surface area contributed by atoms with Gasteiger partial charge in [-0.05, 0) is 107 Å². The van der Waals surface area contributed by atoms with Crippen LogP contribution >= 0.6 is 34.8 Å². The van der Waals surface area contributed by atoms with Gasteiger partial charge in [-0.3, -0.25) is 9.10 Å². The maximum absolute atomic E-state index is 13.6. The number of carbonyl (C=O) groups is 1. The Hall–Kier alpha value is -1.51. The zero-order valence-corrected chi connectivity index (χ0v) is 24.3. The van der Waals surface area contributed by atoms with Crippen molar-refractivity contribution in [2.24, 2.45) is 5.92 Å². The quantitative estimate of drug-likeness (QED) is 0.407. The van der Waals surface area contributed by atoms with E-state index in [0.29, 0.717) is 49.9 Å². The molecule has 0 saturated carbocycles. The molecule has 0 atom stereocenters. The molecule has 3 rings (SSSR count). The molecule has 0 spiro atoms. The number of anilines is 1. The molecule has 0 aromatic heterocycles. The van der Waals surface area contributed by atoms with Crippen molar-refractivity contribution in [2.45, 2.75) is 50.8 Å². The van der Waals surface area contributed by atoms with E-state index >= 15 is 0 Å². The summed E-state index contributed by atoms with van der Waals surface area (Å²) in [5.74, 6) is 0.548. The standard InChI is InChI=1S/C26H34Cl3N3O3S/c1-17-14-25(18(2)13-22(17)28)36(34,35)32(4)24-16-20(27)15-23(29)21(24)5-6-26(33)30-10-7-19-8-11-31(3)12-9-19/h13-16,19H,5-12H2,1-4H3,(H,30,33). The van der Waals surface area contributed by atoms with Crippen LogP contribution in [0.25, 0.3) is 0 Å². The molecule has 2 aromatic carbocycles. The van der Waals surface area contributed by atoms with Crippen LogP contribution in [0, 0.1) is 19.8 Å². The van der Waals surface area contributed by atoms with Crippen LogP contribution in [0.1, 0.15) is 42.4 Å². The molecule has 6 nitrogen and oxygen atoms in total. The van der Waals surface area contributed by atoms with Gasteiger partial charge in [-0.2, -0.15) is 0 Å². The highest BCUT2D eigenvalue weighted by Crippen LogP contribution is 2.36. The van der Waals surface area contributed by atoms with Crippen molar-refractivity contribution in [1.82, 2.24) is 10.2 Å². The summed E-state index contributed by atoms with van der Waals surface area (Å²) in [5.41, 5.74) is 2.10. The zero-order chi connectivity index (χ0) is 26.6. The van der Waals surface area contributed by atoms with Gasteiger partial charge in [0.25, 0.3) is 10.0 Å². The molecule has 0 bridgehead atoms. The van der Waals surface area contributed by atoms with Crippen molar-refractivity contribution in [3.05, 3.63) is 56.0 Å². The van der Waals surface area contributed by atoms with E-state index in [2.05, 4.69) is 17.3 Å². The number of carbonyl (C=O) groups excluding carboxylic acids is 1. The molecule has 0 radical (unpaired) electrons. The van der Waals surface area contributed by atoms with E-state index in [1.165, 1.54) is 11.4 Å². The van der Waals surface area contributed by atoms with Gasteiger partial charge in [-0.1, -0.05) is 34.8 Å². The first-order valence-electron chi connectivity index (χ1n) is 12.1. The Morgan fingerprint density at radius 3 is 2.39 bits per heavy atom. The Morgan fingerprint density at radius 2 is 1.72 bits per heavy atom. The lowest BCUT2D eigenvalue weighted by Crippen LogP contribution is -2.32. The molecular formula is C26H34Cl3N3O3S. The third-order valence-electron chi connectivity index (χ3n) is 6.89. The Kier molecular flexibility index (Phi) is 9.97. The fourth-order valence-electron chi connectivity index (χ4n) is 4.52. The van der Waals surface area contributed by atoms with Gasteiger partial charge in [0.05, 0.1) is 10.6 Å². The van der Waals surface area contributed by atoms with E-state index in [1.807, 2.05) is 0 Å². The highest BCUT2D eigenvalue weighted by atomic mass is 35.5. The molecule has 1 amide bonds. The second-order valence-electron chi connectivity index (χ2n) is 9.61. The SMILES string of the molecule is Cc1cc(S(=O)(=O)N(C)c2cc(Cl)cc(Cl)c2CCC(=O)NCCC2CCN(C)CC2)c(C)cc1Cl. The second kappa shape index (κ2) is 12.4. The number of benzene rings is 2. The smallest absolute Gasteiger partial charge is 0.264 e. The average molecular weight is 575 g/mol. The van der Waals surface area contributed by atoms with Crippen molar-refractivity contribution in [3.63, 3.8) is 0 Å². The first-order chi connectivity index (χ1) is 16.9. The summed E-state index contributed by atoms with van der Waals surface area (Å²) in [6.07, 6.45) is 3.75. The first kappa shape index (κ1) is 29.1. The van der Waals surface area contributed by atoms with Gasteiger partial charge in [-0.15, -0.1) is 0 Å². The number of nitrogens with one attached hydrogen (secondary N) is 1. The molecule has 2 aromatic rings.